The second kappa shape index (κ2) is 6.10. The van der Waals surface area contributed by atoms with E-state index in [0.717, 1.165) is 31.5 Å². The molecular weight excluding hydrogens is 250 g/mol. The largest absolute Gasteiger partial charge is 0.496 e. The van der Waals surface area contributed by atoms with E-state index in [2.05, 4.69) is 0 Å². The van der Waals surface area contributed by atoms with E-state index in [9.17, 15) is 4.79 Å². The fraction of sp³-hybridized carbons (Fsp3) is 0.500. The van der Waals surface area contributed by atoms with Crippen LogP contribution in [0.2, 0.25) is 0 Å². The maximum atomic E-state index is 12.3. The average Bonchev–Trinajstić information content (AvgIpc) is 2.46. The van der Waals surface area contributed by atoms with Crippen molar-refractivity contribution in [3.8, 4) is 5.75 Å². The Hall–Kier alpha value is -1.22. The lowest BCUT2D eigenvalue weighted by Gasteiger charge is -2.28. The first-order chi connectivity index (χ1) is 8.74. The standard InChI is InChI=1S/C14H18ClNO2/c1-18-12-8-4-3-7-11(12)13(15)14(17)16-9-5-2-6-10-16/h3-4,7-8,13H,2,5-6,9-10H2,1H3. The zero-order chi connectivity index (χ0) is 13.0. The fourth-order valence-corrected chi connectivity index (χ4v) is 2.60. The first-order valence-electron chi connectivity index (χ1n) is 6.30. The molecule has 1 heterocycles. The van der Waals surface area contributed by atoms with Gasteiger partial charge in [0.15, 0.2) is 0 Å². The van der Waals surface area contributed by atoms with E-state index in [4.69, 9.17) is 16.3 Å². The first-order valence-corrected chi connectivity index (χ1v) is 6.73. The van der Waals surface area contributed by atoms with Gasteiger partial charge in [-0.25, -0.2) is 0 Å². The van der Waals surface area contributed by atoms with E-state index < -0.39 is 5.38 Å². The number of halogens is 1. The van der Waals surface area contributed by atoms with Gasteiger partial charge in [-0.15, -0.1) is 11.6 Å². The van der Waals surface area contributed by atoms with Crippen LogP contribution < -0.4 is 4.74 Å². The summed E-state index contributed by atoms with van der Waals surface area (Å²) in [6.45, 7) is 1.63. The zero-order valence-electron chi connectivity index (χ0n) is 10.6. The molecule has 0 aromatic heterocycles. The van der Waals surface area contributed by atoms with Crippen molar-refractivity contribution in [3.63, 3.8) is 0 Å². The van der Waals surface area contributed by atoms with Crippen molar-refractivity contribution < 1.29 is 9.53 Å². The Bertz CT molecular complexity index is 416. The molecule has 2 rings (SSSR count). The lowest BCUT2D eigenvalue weighted by atomic mass is 10.1. The molecule has 1 saturated heterocycles. The predicted molar refractivity (Wildman–Crippen MR) is 72.0 cm³/mol. The van der Waals surface area contributed by atoms with Gasteiger partial charge in [-0.1, -0.05) is 18.2 Å². The number of carbonyl (C=O) groups excluding carboxylic acids is 1. The Morgan fingerprint density at radius 2 is 1.94 bits per heavy atom. The number of para-hydroxylation sites is 1. The number of rotatable bonds is 3. The highest BCUT2D eigenvalue weighted by Gasteiger charge is 2.26. The summed E-state index contributed by atoms with van der Waals surface area (Å²) in [6.07, 6.45) is 3.34. The van der Waals surface area contributed by atoms with E-state index in [0.29, 0.717) is 5.75 Å². The third-order valence-corrected chi connectivity index (χ3v) is 3.72. The Morgan fingerprint density at radius 3 is 2.61 bits per heavy atom. The van der Waals surface area contributed by atoms with Crippen molar-refractivity contribution in [3.05, 3.63) is 29.8 Å². The van der Waals surface area contributed by atoms with Gasteiger partial charge in [0.2, 0.25) is 5.91 Å². The van der Waals surface area contributed by atoms with E-state index in [1.165, 1.54) is 6.42 Å². The highest BCUT2D eigenvalue weighted by Crippen LogP contribution is 2.31. The topological polar surface area (TPSA) is 29.5 Å². The molecule has 1 amide bonds. The monoisotopic (exact) mass is 267 g/mol. The Kier molecular flexibility index (Phi) is 4.48. The van der Waals surface area contributed by atoms with Crippen molar-refractivity contribution in [1.82, 2.24) is 4.90 Å². The highest BCUT2D eigenvalue weighted by atomic mass is 35.5. The molecule has 3 nitrogen and oxygen atoms in total. The minimum atomic E-state index is -0.653. The van der Waals surface area contributed by atoms with Gasteiger partial charge in [0.1, 0.15) is 11.1 Å². The summed E-state index contributed by atoms with van der Waals surface area (Å²) in [6, 6.07) is 7.42. The molecule has 1 atom stereocenters. The van der Waals surface area contributed by atoms with E-state index in [-0.39, 0.29) is 5.91 Å². The van der Waals surface area contributed by atoms with Gasteiger partial charge in [-0.05, 0) is 25.3 Å². The quantitative estimate of drug-likeness (QED) is 0.788. The predicted octanol–water partition coefficient (Wildman–Crippen LogP) is 2.99. The van der Waals surface area contributed by atoms with Crippen LogP contribution in [-0.2, 0) is 4.79 Å². The van der Waals surface area contributed by atoms with Crippen LogP contribution in [0.3, 0.4) is 0 Å². The molecule has 4 heteroatoms. The van der Waals surface area contributed by atoms with Gasteiger partial charge in [-0.2, -0.15) is 0 Å². The number of methoxy groups -OCH3 is 1. The number of ether oxygens (including phenoxy) is 1. The number of hydrogen-bond acceptors (Lipinski definition) is 2. The molecule has 0 spiro atoms. The molecular formula is C14H18ClNO2. The molecule has 0 N–H and O–H groups in total. The summed E-state index contributed by atoms with van der Waals surface area (Å²) in [5.74, 6) is 0.656. The summed E-state index contributed by atoms with van der Waals surface area (Å²) < 4.78 is 5.25. The minimum Gasteiger partial charge on any atom is -0.496 e. The molecule has 0 aliphatic carbocycles. The molecule has 98 valence electrons. The van der Waals surface area contributed by atoms with E-state index >= 15 is 0 Å². The Balaban J connectivity index is 2.14. The number of benzene rings is 1. The van der Waals surface area contributed by atoms with Crippen LogP contribution >= 0.6 is 11.6 Å². The van der Waals surface area contributed by atoms with Gasteiger partial charge < -0.3 is 9.64 Å². The number of hydrogen-bond donors (Lipinski definition) is 0. The normalized spacial score (nSPS) is 17.3. The van der Waals surface area contributed by atoms with E-state index in [1.807, 2.05) is 29.2 Å². The molecule has 1 aromatic carbocycles. The van der Waals surface area contributed by atoms with Crippen molar-refractivity contribution in [2.45, 2.75) is 24.6 Å². The average molecular weight is 268 g/mol. The van der Waals surface area contributed by atoms with Crippen molar-refractivity contribution in [1.29, 1.82) is 0 Å². The summed E-state index contributed by atoms with van der Waals surface area (Å²) in [5, 5.41) is -0.653. The molecule has 1 aliphatic heterocycles. The van der Waals surface area contributed by atoms with Gasteiger partial charge in [0, 0.05) is 18.7 Å². The third-order valence-electron chi connectivity index (χ3n) is 3.30. The van der Waals surface area contributed by atoms with Gasteiger partial charge in [-0.3, -0.25) is 4.79 Å². The van der Waals surface area contributed by atoms with Crippen LogP contribution in [0.4, 0.5) is 0 Å². The zero-order valence-corrected chi connectivity index (χ0v) is 11.3. The summed E-state index contributed by atoms with van der Waals surface area (Å²) in [7, 11) is 1.59. The summed E-state index contributed by atoms with van der Waals surface area (Å²) in [5.41, 5.74) is 0.747. The summed E-state index contributed by atoms with van der Waals surface area (Å²) in [4.78, 5) is 14.2. The SMILES string of the molecule is COc1ccccc1C(Cl)C(=O)N1CCCCC1. The molecule has 0 bridgehead atoms. The highest BCUT2D eigenvalue weighted by molar-refractivity contribution is 6.31. The van der Waals surface area contributed by atoms with Crippen LogP contribution in [-0.4, -0.2) is 31.0 Å². The molecule has 1 unspecified atom stereocenters. The molecule has 18 heavy (non-hydrogen) atoms. The van der Waals surface area contributed by atoms with Crippen LogP contribution in [0.25, 0.3) is 0 Å². The van der Waals surface area contributed by atoms with Crippen LogP contribution in [0.15, 0.2) is 24.3 Å². The molecule has 1 aromatic rings. The first kappa shape index (κ1) is 13.2. The smallest absolute Gasteiger partial charge is 0.245 e. The maximum absolute atomic E-state index is 12.3. The van der Waals surface area contributed by atoms with Crippen molar-refractivity contribution in [2.24, 2.45) is 0 Å². The second-order valence-electron chi connectivity index (χ2n) is 4.49. The van der Waals surface area contributed by atoms with E-state index in [1.54, 1.807) is 7.11 Å². The molecule has 1 fully saturated rings. The Labute approximate surface area is 113 Å². The van der Waals surface area contributed by atoms with Crippen molar-refractivity contribution in [2.75, 3.05) is 20.2 Å². The Morgan fingerprint density at radius 1 is 1.28 bits per heavy atom. The number of likely N-dealkylation sites (tertiary alicyclic amines) is 1. The van der Waals surface area contributed by atoms with Crippen LogP contribution in [0.1, 0.15) is 30.2 Å². The summed E-state index contributed by atoms with van der Waals surface area (Å²) >= 11 is 6.30. The number of alkyl halides is 1. The van der Waals surface area contributed by atoms with Gasteiger partial charge >= 0.3 is 0 Å². The lowest BCUT2D eigenvalue weighted by molar-refractivity contribution is -0.131. The number of amides is 1. The lowest BCUT2D eigenvalue weighted by Crippen LogP contribution is -2.37. The second-order valence-corrected chi connectivity index (χ2v) is 4.93. The molecule has 0 radical (unpaired) electrons. The fourth-order valence-electron chi connectivity index (χ4n) is 2.28. The van der Waals surface area contributed by atoms with Gasteiger partial charge in [0.05, 0.1) is 7.11 Å². The molecule has 1 aliphatic rings. The number of carbonyl (C=O) groups is 1. The van der Waals surface area contributed by atoms with Crippen LogP contribution in [0.5, 0.6) is 5.75 Å². The van der Waals surface area contributed by atoms with Crippen LogP contribution in [0, 0.1) is 0 Å². The molecule has 0 saturated carbocycles. The van der Waals surface area contributed by atoms with Crippen molar-refractivity contribution >= 4 is 17.5 Å². The number of piperidine rings is 1. The number of nitrogens with zero attached hydrogens (tertiary/aromatic N) is 1. The maximum Gasteiger partial charge on any atom is 0.245 e. The third kappa shape index (κ3) is 2.78. The minimum absolute atomic E-state index is 0.0131. The van der Waals surface area contributed by atoms with Gasteiger partial charge in [0.25, 0.3) is 0 Å².